The van der Waals surface area contributed by atoms with Gasteiger partial charge in [-0.05, 0) is 49.7 Å². The fraction of sp³-hybridized carbons (Fsp3) is 0.611. The lowest BCUT2D eigenvalue weighted by Crippen LogP contribution is -2.42. The van der Waals surface area contributed by atoms with Gasteiger partial charge >= 0.3 is 0 Å². The number of rotatable bonds is 1. The van der Waals surface area contributed by atoms with Crippen molar-refractivity contribution in [1.29, 1.82) is 0 Å². The molecule has 1 aliphatic carbocycles. The average Bonchev–Trinajstić information content (AvgIpc) is 3.02. The van der Waals surface area contributed by atoms with E-state index in [-0.39, 0.29) is 34.8 Å². The molecule has 2 amide bonds. The third kappa shape index (κ3) is 2.44. The number of piperidine rings is 1. The zero-order valence-corrected chi connectivity index (χ0v) is 14.0. The molecule has 1 N–H and O–H groups in total. The minimum atomic E-state index is -0.293. The van der Waals surface area contributed by atoms with Gasteiger partial charge in [0.2, 0.25) is 5.91 Å². The van der Waals surface area contributed by atoms with Crippen molar-refractivity contribution in [2.24, 2.45) is 11.8 Å². The number of H-pyrrole nitrogens is 1. The van der Waals surface area contributed by atoms with Crippen LogP contribution in [0.5, 0.6) is 0 Å². The third-order valence-electron chi connectivity index (χ3n) is 5.83. The van der Waals surface area contributed by atoms with Crippen LogP contribution in [-0.4, -0.2) is 53.3 Å². The van der Waals surface area contributed by atoms with Gasteiger partial charge in [-0.2, -0.15) is 0 Å². The number of aryl methyl sites for hydroxylation is 2. The van der Waals surface area contributed by atoms with E-state index in [9.17, 15) is 14.4 Å². The molecule has 1 aromatic rings. The number of hydrogen-bond acceptors (Lipinski definition) is 3. The average molecular weight is 329 g/mol. The lowest BCUT2D eigenvalue weighted by Gasteiger charge is -2.30. The van der Waals surface area contributed by atoms with E-state index >= 15 is 0 Å². The molecule has 6 heteroatoms. The Hall–Kier alpha value is -2.11. The van der Waals surface area contributed by atoms with Gasteiger partial charge in [0.1, 0.15) is 5.56 Å². The van der Waals surface area contributed by atoms with Crippen LogP contribution in [0.2, 0.25) is 0 Å². The van der Waals surface area contributed by atoms with Crippen LogP contribution in [0.3, 0.4) is 0 Å². The fourth-order valence-corrected chi connectivity index (χ4v) is 4.37. The van der Waals surface area contributed by atoms with Gasteiger partial charge in [-0.1, -0.05) is 0 Å². The summed E-state index contributed by atoms with van der Waals surface area (Å²) in [7, 11) is 1.82. The van der Waals surface area contributed by atoms with E-state index in [2.05, 4.69) is 4.98 Å². The summed E-state index contributed by atoms with van der Waals surface area (Å²) in [5, 5.41) is 0. The first-order valence-corrected chi connectivity index (χ1v) is 8.84. The van der Waals surface area contributed by atoms with E-state index < -0.39 is 0 Å². The Morgan fingerprint density at radius 3 is 2.83 bits per heavy atom. The van der Waals surface area contributed by atoms with Crippen molar-refractivity contribution in [1.82, 2.24) is 14.8 Å². The van der Waals surface area contributed by atoms with Crippen LogP contribution < -0.4 is 5.56 Å². The van der Waals surface area contributed by atoms with Crippen LogP contribution in [0.15, 0.2) is 10.9 Å². The van der Waals surface area contributed by atoms with Gasteiger partial charge in [0.25, 0.3) is 11.5 Å². The number of pyridine rings is 1. The summed E-state index contributed by atoms with van der Waals surface area (Å²) < 4.78 is 0. The molecule has 4 rings (SSSR count). The highest BCUT2D eigenvalue weighted by molar-refractivity contribution is 5.95. The summed E-state index contributed by atoms with van der Waals surface area (Å²) in [4.78, 5) is 43.9. The molecule has 3 aliphatic rings. The standard InChI is InChI=1S/C18H23N3O3/c1-20-7-6-12-9-21(10-14(12)17(20)23)18(24)13-8-11-4-2-3-5-15(11)19-16(13)22/h8,12,14H,2-7,9-10H2,1H3,(H,19,22)/t12-,14+/m1/s1. The molecule has 0 bridgehead atoms. The number of aromatic amines is 1. The number of fused-ring (bicyclic) bond motifs is 2. The molecule has 2 saturated heterocycles. The Labute approximate surface area is 140 Å². The number of hydrogen-bond donors (Lipinski definition) is 1. The van der Waals surface area contributed by atoms with Gasteiger partial charge in [0, 0.05) is 32.4 Å². The highest BCUT2D eigenvalue weighted by Crippen LogP contribution is 2.32. The van der Waals surface area contributed by atoms with Crippen LogP contribution in [0.4, 0.5) is 0 Å². The maximum atomic E-state index is 12.9. The first-order valence-electron chi connectivity index (χ1n) is 8.84. The van der Waals surface area contributed by atoms with Crippen molar-refractivity contribution >= 4 is 11.8 Å². The number of carbonyl (C=O) groups is 2. The van der Waals surface area contributed by atoms with Crippen LogP contribution in [0.25, 0.3) is 0 Å². The number of nitrogens with zero attached hydrogens (tertiary/aromatic N) is 2. The van der Waals surface area contributed by atoms with Crippen LogP contribution in [0, 0.1) is 11.8 Å². The predicted octanol–water partition coefficient (Wildman–Crippen LogP) is 0.804. The number of aromatic nitrogens is 1. The second-order valence-electron chi connectivity index (χ2n) is 7.35. The molecule has 6 nitrogen and oxygen atoms in total. The van der Waals surface area contributed by atoms with Gasteiger partial charge in [0.15, 0.2) is 0 Å². The minimum Gasteiger partial charge on any atom is -0.345 e. The minimum absolute atomic E-state index is 0.107. The quantitative estimate of drug-likeness (QED) is 0.828. The van der Waals surface area contributed by atoms with Gasteiger partial charge in [0.05, 0.1) is 5.92 Å². The second-order valence-corrected chi connectivity index (χ2v) is 7.35. The fourth-order valence-electron chi connectivity index (χ4n) is 4.37. The molecule has 0 radical (unpaired) electrons. The Balaban J connectivity index is 1.59. The maximum absolute atomic E-state index is 12.9. The van der Waals surface area contributed by atoms with Crippen molar-refractivity contribution in [3.8, 4) is 0 Å². The van der Waals surface area contributed by atoms with Crippen molar-refractivity contribution in [3.63, 3.8) is 0 Å². The van der Waals surface area contributed by atoms with Crippen molar-refractivity contribution < 1.29 is 9.59 Å². The van der Waals surface area contributed by atoms with Gasteiger partial charge in [-0.25, -0.2) is 0 Å². The smallest absolute Gasteiger partial charge is 0.261 e. The highest BCUT2D eigenvalue weighted by atomic mass is 16.2. The number of nitrogens with one attached hydrogen (secondary N) is 1. The Kier molecular flexibility index (Phi) is 3.70. The molecule has 128 valence electrons. The molecular formula is C18H23N3O3. The Bertz CT molecular complexity index is 754. The summed E-state index contributed by atoms with van der Waals surface area (Å²) in [6.07, 6.45) is 4.91. The second kappa shape index (κ2) is 5.76. The molecule has 3 heterocycles. The largest absolute Gasteiger partial charge is 0.345 e. The number of amides is 2. The molecule has 2 atom stereocenters. The van der Waals surface area contributed by atoms with Crippen molar-refractivity contribution in [3.05, 3.63) is 33.2 Å². The van der Waals surface area contributed by atoms with E-state index in [1.54, 1.807) is 15.9 Å². The van der Waals surface area contributed by atoms with E-state index in [0.717, 1.165) is 49.9 Å². The first-order chi connectivity index (χ1) is 11.5. The molecule has 0 unspecified atom stereocenters. The van der Waals surface area contributed by atoms with Crippen LogP contribution in [0.1, 0.15) is 40.9 Å². The molecule has 0 aromatic carbocycles. The third-order valence-corrected chi connectivity index (χ3v) is 5.83. The predicted molar refractivity (Wildman–Crippen MR) is 88.8 cm³/mol. The molecule has 2 fully saturated rings. The van der Waals surface area contributed by atoms with E-state index in [1.807, 2.05) is 7.05 Å². The topological polar surface area (TPSA) is 73.5 Å². The zero-order chi connectivity index (χ0) is 16.8. The lowest BCUT2D eigenvalue weighted by atomic mass is 9.88. The first kappa shape index (κ1) is 15.4. The zero-order valence-electron chi connectivity index (χ0n) is 14.0. The van der Waals surface area contributed by atoms with E-state index in [0.29, 0.717) is 13.1 Å². The summed E-state index contributed by atoms with van der Waals surface area (Å²) in [5.74, 6) is 0.0224. The molecule has 0 spiro atoms. The van der Waals surface area contributed by atoms with Gasteiger partial charge in [-0.3, -0.25) is 14.4 Å². The molecule has 2 aliphatic heterocycles. The van der Waals surface area contributed by atoms with Crippen molar-refractivity contribution in [2.45, 2.75) is 32.1 Å². The summed E-state index contributed by atoms with van der Waals surface area (Å²) in [6, 6.07) is 1.78. The maximum Gasteiger partial charge on any atom is 0.261 e. The highest BCUT2D eigenvalue weighted by Gasteiger charge is 2.43. The summed E-state index contributed by atoms with van der Waals surface area (Å²) in [6.45, 7) is 1.77. The molecule has 0 saturated carbocycles. The van der Waals surface area contributed by atoms with Crippen LogP contribution in [-0.2, 0) is 17.6 Å². The van der Waals surface area contributed by atoms with E-state index in [1.165, 1.54) is 0 Å². The van der Waals surface area contributed by atoms with Crippen molar-refractivity contribution in [2.75, 3.05) is 26.7 Å². The normalized spacial score (nSPS) is 26.3. The summed E-state index contributed by atoms with van der Waals surface area (Å²) in [5.41, 5.74) is 2.01. The monoisotopic (exact) mass is 329 g/mol. The Morgan fingerprint density at radius 2 is 2.00 bits per heavy atom. The molecular weight excluding hydrogens is 306 g/mol. The number of likely N-dealkylation sites (tertiary alicyclic amines) is 2. The summed E-state index contributed by atoms with van der Waals surface area (Å²) >= 11 is 0. The van der Waals surface area contributed by atoms with Crippen LogP contribution >= 0.6 is 0 Å². The van der Waals surface area contributed by atoms with E-state index in [4.69, 9.17) is 0 Å². The molecule has 1 aromatic heterocycles. The van der Waals surface area contributed by atoms with Gasteiger partial charge < -0.3 is 14.8 Å². The lowest BCUT2D eigenvalue weighted by molar-refractivity contribution is -0.137. The number of carbonyl (C=O) groups excluding carboxylic acids is 2. The Morgan fingerprint density at radius 1 is 1.21 bits per heavy atom. The van der Waals surface area contributed by atoms with Gasteiger partial charge in [-0.15, -0.1) is 0 Å². The molecule has 24 heavy (non-hydrogen) atoms. The SMILES string of the molecule is CN1CC[C@@H]2CN(C(=O)c3cc4c([nH]c3=O)CCCC4)C[C@@H]2C1=O.